The molecular formula is C12H12N2O6S2. The van der Waals surface area contributed by atoms with E-state index >= 15 is 0 Å². The van der Waals surface area contributed by atoms with Gasteiger partial charge in [0, 0.05) is 5.38 Å². The standard InChI is InChI=1S/C12H12N2O6S2/c13-22(17,18)11-4-8(7-21-11)12(16)20-6-10(15)14-5-9-2-1-3-19-9/h1-4,7H,5-6H2,(H,14,15)(H2,13,17,18). The predicted octanol–water partition coefficient (Wildman–Crippen LogP) is 0.462. The Labute approximate surface area is 129 Å². The molecular weight excluding hydrogens is 332 g/mol. The Morgan fingerprint density at radius 2 is 2.18 bits per heavy atom. The Morgan fingerprint density at radius 1 is 1.41 bits per heavy atom. The number of carbonyl (C=O) groups excluding carboxylic acids is 2. The van der Waals surface area contributed by atoms with Crippen molar-refractivity contribution in [1.82, 2.24) is 5.32 Å². The van der Waals surface area contributed by atoms with Gasteiger partial charge in [-0.25, -0.2) is 18.4 Å². The fourth-order valence-corrected chi connectivity index (χ4v) is 3.01. The van der Waals surface area contributed by atoms with Crippen molar-refractivity contribution in [3.05, 3.63) is 41.2 Å². The number of hydrogen-bond donors (Lipinski definition) is 2. The fourth-order valence-electron chi connectivity index (χ4n) is 1.44. The van der Waals surface area contributed by atoms with Crippen LogP contribution < -0.4 is 10.5 Å². The zero-order chi connectivity index (χ0) is 16.2. The van der Waals surface area contributed by atoms with Crippen LogP contribution in [0.1, 0.15) is 16.1 Å². The number of carbonyl (C=O) groups is 2. The molecule has 0 spiro atoms. The van der Waals surface area contributed by atoms with Gasteiger partial charge in [0.1, 0.15) is 9.97 Å². The number of rotatable bonds is 6. The highest BCUT2D eigenvalue weighted by molar-refractivity contribution is 7.91. The van der Waals surface area contributed by atoms with Gasteiger partial charge in [-0.3, -0.25) is 4.79 Å². The van der Waals surface area contributed by atoms with Crippen LogP contribution >= 0.6 is 11.3 Å². The second kappa shape index (κ2) is 6.73. The lowest BCUT2D eigenvalue weighted by Gasteiger charge is -2.04. The third-order valence-corrected chi connectivity index (χ3v) is 4.85. The van der Waals surface area contributed by atoms with E-state index in [-0.39, 0.29) is 16.3 Å². The van der Waals surface area contributed by atoms with E-state index in [9.17, 15) is 18.0 Å². The lowest BCUT2D eigenvalue weighted by Crippen LogP contribution is -2.28. The van der Waals surface area contributed by atoms with Crippen molar-refractivity contribution in [3.8, 4) is 0 Å². The third-order valence-electron chi connectivity index (χ3n) is 2.47. The van der Waals surface area contributed by atoms with Crippen molar-refractivity contribution in [3.63, 3.8) is 0 Å². The molecule has 0 aliphatic heterocycles. The van der Waals surface area contributed by atoms with Gasteiger partial charge in [-0.2, -0.15) is 0 Å². The summed E-state index contributed by atoms with van der Waals surface area (Å²) in [6, 6.07) is 4.47. The number of nitrogens with two attached hydrogens (primary N) is 1. The Morgan fingerprint density at radius 3 is 2.77 bits per heavy atom. The average molecular weight is 344 g/mol. The molecule has 0 radical (unpaired) electrons. The highest BCUT2D eigenvalue weighted by Crippen LogP contribution is 2.19. The molecule has 10 heteroatoms. The van der Waals surface area contributed by atoms with Crippen LogP contribution in [0.5, 0.6) is 0 Å². The largest absolute Gasteiger partial charge is 0.467 e. The summed E-state index contributed by atoms with van der Waals surface area (Å²) in [5.41, 5.74) is 0.0212. The van der Waals surface area contributed by atoms with E-state index in [1.165, 1.54) is 11.6 Å². The molecule has 3 N–H and O–H groups in total. The summed E-state index contributed by atoms with van der Waals surface area (Å²) in [6.07, 6.45) is 1.47. The molecule has 0 aliphatic carbocycles. The average Bonchev–Trinajstić information content (AvgIpc) is 3.12. The Hall–Kier alpha value is -2.17. The lowest BCUT2D eigenvalue weighted by atomic mass is 10.3. The number of furan rings is 1. The molecule has 0 fully saturated rings. The number of thiophene rings is 1. The van der Waals surface area contributed by atoms with E-state index in [1.54, 1.807) is 12.1 Å². The quantitative estimate of drug-likeness (QED) is 0.733. The van der Waals surface area contributed by atoms with E-state index in [0.29, 0.717) is 5.76 Å². The smallest absolute Gasteiger partial charge is 0.339 e. The van der Waals surface area contributed by atoms with Gasteiger partial charge in [0.05, 0.1) is 18.4 Å². The summed E-state index contributed by atoms with van der Waals surface area (Å²) < 4.78 is 31.8. The minimum Gasteiger partial charge on any atom is -0.467 e. The van der Waals surface area contributed by atoms with Gasteiger partial charge >= 0.3 is 5.97 Å². The molecule has 2 aromatic heterocycles. The van der Waals surface area contributed by atoms with E-state index in [0.717, 1.165) is 17.4 Å². The first-order valence-corrected chi connectivity index (χ1v) is 8.36. The SMILES string of the molecule is NS(=O)(=O)c1cc(C(=O)OCC(=O)NCc2ccco2)cs1. The maximum Gasteiger partial charge on any atom is 0.339 e. The van der Waals surface area contributed by atoms with Crippen LogP contribution in [0.15, 0.2) is 38.5 Å². The first-order chi connectivity index (χ1) is 10.4. The highest BCUT2D eigenvalue weighted by Gasteiger charge is 2.17. The molecule has 0 bridgehead atoms. The van der Waals surface area contributed by atoms with Gasteiger partial charge in [-0.05, 0) is 18.2 Å². The summed E-state index contributed by atoms with van der Waals surface area (Å²) >= 11 is 0.801. The number of nitrogens with one attached hydrogen (secondary N) is 1. The summed E-state index contributed by atoms with van der Waals surface area (Å²) in [5, 5.41) is 8.73. The number of primary sulfonamides is 1. The number of amides is 1. The maximum absolute atomic E-state index is 11.7. The lowest BCUT2D eigenvalue weighted by molar-refractivity contribution is -0.124. The van der Waals surface area contributed by atoms with Gasteiger partial charge < -0.3 is 14.5 Å². The number of ether oxygens (including phenoxy) is 1. The molecule has 22 heavy (non-hydrogen) atoms. The normalized spacial score (nSPS) is 11.1. The van der Waals surface area contributed by atoms with Crippen LogP contribution in [0, 0.1) is 0 Å². The van der Waals surface area contributed by atoms with Crippen molar-refractivity contribution < 1.29 is 27.2 Å². The van der Waals surface area contributed by atoms with Crippen molar-refractivity contribution in [1.29, 1.82) is 0 Å². The number of esters is 1. The van der Waals surface area contributed by atoms with Crippen LogP contribution in [0.25, 0.3) is 0 Å². The van der Waals surface area contributed by atoms with E-state index in [2.05, 4.69) is 5.32 Å². The molecule has 0 unspecified atom stereocenters. The molecule has 0 aromatic carbocycles. The second-order valence-electron chi connectivity index (χ2n) is 4.13. The molecule has 1 amide bonds. The van der Waals surface area contributed by atoms with Gasteiger partial charge in [0.25, 0.3) is 5.91 Å². The van der Waals surface area contributed by atoms with Crippen LogP contribution in [0.2, 0.25) is 0 Å². The highest BCUT2D eigenvalue weighted by atomic mass is 32.2. The first kappa shape index (κ1) is 16.2. The second-order valence-corrected chi connectivity index (χ2v) is 6.83. The molecule has 2 rings (SSSR count). The zero-order valence-corrected chi connectivity index (χ0v) is 12.8. The molecule has 8 nitrogen and oxygen atoms in total. The van der Waals surface area contributed by atoms with Crippen molar-refractivity contribution in [2.75, 3.05) is 6.61 Å². The summed E-state index contributed by atoms with van der Waals surface area (Å²) in [7, 11) is -3.86. The predicted molar refractivity (Wildman–Crippen MR) is 76.5 cm³/mol. The summed E-state index contributed by atoms with van der Waals surface area (Å²) in [6.45, 7) is -0.308. The number of sulfonamides is 1. The van der Waals surface area contributed by atoms with Crippen molar-refractivity contribution in [2.45, 2.75) is 10.8 Å². The molecule has 118 valence electrons. The van der Waals surface area contributed by atoms with E-state index < -0.39 is 28.5 Å². The van der Waals surface area contributed by atoms with Crippen LogP contribution in [-0.4, -0.2) is 26.9 Å². The van der Waals surface area contributed by atoms with Crippen molar-refractivity contribution >= 4 is 33.2 Å². The van der Waals surface area contributed by atoms with Gasteiger partial charge in [-0.1, -0.05) is 0 Å². The van der Waals surface area contributed by atoms with Crippen LogP contribution in [0.3, 0.4) is 0 Å². The van der Waals surface area contributed by atoms with Gasteiger partial charge in [-0.15, -0.1) is 11.3 Å². The minimum atomic E-state index is -3.86. The summed E-state index contributed by atoms with van der Waals surface area (Å²) in [4.78, 5) is 23.2. The summed E-state index contributed by atoms with van der Waals surface area (Å²) in [5.74, 6) is -0.749. The monoisotopic (exact) mass is 344 g/mol. The van der Waals surface area contributed by atoms with E-state index in [1.807, 2.05) is 0 Å². The molecule has 0 saturated carbocycles. The van der Waals surface area contributed by atoms with Crippen LogP contribution in [-0.2, 0) is 26.1 Å². The topological polar surface area (TPSA) is 129 Å². The van der Waals surface area contributed by atoms with E-state index in [4.69, 9.17) is 14.3 Å². The van der Waals surface area contributed by atoms with Crippen LogP contribution in [0.4, 0.5) is 0 Å². The molecule has 0 aliphatic rings. The van der Waals surface area contributed by atoms with Gasteiger partial charge in [0.2, 0.25) is 10.0 Å². The Balaban J connectivity index is 1.82. The maximum atomic E-state index is 11.7. The minimum absolute atomic E-state index is 0.0212. The molecule has 2 heterocycles. The zero-order valence-electron chi connectivity index (χ0n) is 11.1. The van der Waals surface area contributed by atoms with Gasteiger partial charge in [0.15, 0.2) is 6.61 Å². The third kappa shape index (κ3) is 4.41. The first-order valence-electron chi connectivity index (χ1n) is 5.94. The Bertz CT molecular complexity index is 763. The fraction of sp³-hybridized carbons (Fsp3) is 0.167. The van der Waals surface area contributed by atoms with Crippen molar-refractivity contribution in [2.24, 2.45) is 5.14 Å². The Kier molecular flexibility index (Phi) is 4.96. The number of hydrogen-bond acceptors (Lipinski definition) is 7. The molecule has 2 aromatic rings. The molecule has 0 saturated heterocycles. The molecule has 0 atom stereocenters.